The average molecular weight is 911 g/mol. The lowest BCUT2D eigenvalue weighted by molar-refractivity contribution is -0.131. The molecular formula is C45H41BrClN5O7S. The Balaban J connectivity index is 1.06. The molecule has 3 aliphatic heterocycles. The minimum atomic E-state index is -1.40. The van der Waals surface area contributed by atoms with Crippen LogP contribution in [0.2, 0.25) is 5.02 Å². The number of aryl methyl sites for hydroxylation is 2. The topological polar surface area (TPSA) is 135 Å². The Bertz CT molecular complexity index is 2710. The number of benzene rings is 3. The number of nitrogens with zero attached hydrogens (tertiary/aromatic N) is 5. The molecule has 60 heavy (non-hydrogen) atoms. The van der Waals surface area contributed by atoms with Crippen LogP contribution in [-0.2, 0) is 31.0 Å². The van der Waals surface area contributed by atoms with Crippen LogP contribution in [0.3, 0.4) is 0 Å². The Morgan fingerprint density at radius 1 is 0.950 bits per heavy atom. The molecular weight excluding hydrogens is 870 g/mol. The van der Waals surface area contributed by atoms with E-state index >= 15 is 9.59 Å². The molecule has 5 aromatic rings. The van der Waals surface area contributed by atoms with Crippen molar-refractivity contribution >= 4 is 89.8 Å². The highest BCUT2D eigenvalue weighted by Crippen LogP contribution is 2.65. The predicted molar refractivity (Wildman–Crippen MR) is 233 cm³/mol. The van der Waals surface area contributed by atoms with Gasteiger partial charge in [-0.3, -0.25) is 28.8 Å². The summed E-state index contributed by atoms with van der Waals surface area (Å²) in [5.74, 6) is -4.87. The summed E-state index contributed by atoms with van der Waals surface area (Å²) in [7, 11) is 3.16. The number of fused-ring (bicyclic) bond motifs is 5. The number of allylic oxidation sites excluding steroid dienone is 2. The van der Waals surface area contributed by atoms with E-state index in [1.54, 1.807) is 48.2 Å². The van der Waals surface area contributed by atoms with E-state index in [1.807, 2.05) is 55.5 Å². The number of phenolic OH excluding ortho intramolecular Hbond substituents is 1. The maximum Gasteiger partial charge on any atom is 0.242 e. The van der Waals surface area contributed by atoms with Crippen LogP contribution in [-0.4, -0.2) is 71.9 Å². The molecule has 3 aromatic carbocycles. The second-order valence-electron chi connectivity index (χ2n) is 16.5. The lowest BCUT2D eigenvalue weighted by atomic mass is 9.51. The van der Waals surface area contributed by atoms with Gasteiger partial charge < -0.3 is 19.5 Å². The Morgan fingerprint density at radius 3 is 2.42 bits per heavy atom. The normalized spacial score (nSPS) is 26.5. The number of aromatic nitrogens is 2. The number of morpholine rings is 1. The van der Waals surface area contributed by atoms with Gasteiger partial charge in [-0.25, -0.2) is 4.90 Å². The monoisotopic (exact) mass is 909 g/mol. The number of rotatable bonds is 6. The van der Waals surface area contributed by atoms with Gasteiger partial charge in [-0.15, -0.1) is 11.3 Å². The number of hydrogen-bond acceptors (Lipinski definition) is 10. The van der Waals surface area contributed by atoms with E-state index in [1.165, 1.54) is 16.9 Å². The molecule has 0 unspecified atom stereocenters. The summed E-state index contributed by atoms with van der Waals surface area (Å²) < 4.78 is 14.3. The van der Waals surface area contributed by atoms with Crippen LogP contribution < -0.4 is 19.4 Å². The molecule has 5 heterocycles. The highest BCUT2D eigenvalue weighted by atomic mass is 79.9. The van der Waals surface area contributed by atoms with Crippen LogP contribution in [0.5, 0.6) is 11.5 Å². The summed E-state index contributed by atoms with van der Waals surface area (Å²) in [6, 6.07) is 18.4. The second-order valence-corrected chi connectivity index (χ2v) is 18.9. The fourth-order valence-electron chi connectivity index (χ4n) is 10.7. The van der Waals surface area contributed by atoms with Crippen molar-refractivity contribution in [3.63, 3.8) is 0 Å². The van der Waals surface area contributed by atoms with Crippen molar-refractivity contribution in [3.05, 3.63) is 92.9 Å². The van der Waals surface area contributed by atoms with Crippen molar-refractivity contribution in [2.45, 2.75) is 32.6 Å². The summed E-state index contributed by atoms with van der Waals surface area (Å²) in [6.45, 7) is 6.57. The number of hydrogen-bond donors (Lipinski definition) is 1. The molecule has 2 aliphatic carbocycles. The Hall–Kier alpha value is -5.02. The molecule has 10 rings (SSSR count). The number of thiophene rings is 1. The standard InChI is InChI=1S/C45H41BrClN5O7S/c1-22-29-19-24(47)5-12-35(29)60-40(22)33-21-36(49(3)48-33)52-42(55)32-20-30-27(38(45(32,2)44(52)57)31-17-23(46)18-34(58-4)39(31)53)10-11-28-37(30)43(56)51(41(28)54)26-8-6-25(7-9-26)50-13-15-59-16-14-50/h5-10,12,17-19,21,28,30,32,37-38,53H,11,13-16,20H2,1-4H3/t28-,30+,32-,37-,38+,45+/m0/s1. The van der Waals surface area contributed by atoms with Crippen molar-refractivity contribution in [2.75, 3.05) is 48.1 Å². The molecule has 1 N–H and O–H groups in total. The van der Waals surface area contributed by atoms with Crippen molar-refractivity contribution < 1.29 is 33.8 Å². The number of carbonyl (C=O) groups is 4. The van der Waals surface area contributed by atoms with Crippen molar-refractivity contribution in [1.29, 1.82) is 0 Å². The van der Waals surface area contributed by atoms with Gasteiger partial charge in [-0.05, 0) is 98.2 Å². The first-order valence-electron chi connectivity index (χ1n) is 20.0. The number of halogens is 2. The second kappa shape index (κ2) is 14.3. The smallest absolute Gasteiger partial charge is 0.242 e. The van der Waals surface area contributed by atoms with Gasteiger partial charge in [0.1, 0.15) is 11.5 Å². The van der Waals surface area contributed by atoms with Gasteiger partial charge in [0.15, 0.2) is 11.5 Å². The Morgan fingerprint density at radius 2 is 1.68 bits per heavy atom. The molecule has 0 spiro atoms. The minimum absolute atomic E-state index is 0.160. The first kappa shape index (κ1) is 39.1. The van der Waals surface area contributed by atoms with Crippen LogP contribution in [0.4, 0.5) is 17.2 Å². The molecule has 4 fully saturated rings. The Labute approximate surface area is 363 Å². The number of ether oxygens (including phenoxy) is 2. The van der Waals surface area contributed by atoms with Gasteiger partial charge in [0, 0.05) is 57.6 Å². The molecule has 12 nitrogen and oxygen atoms in total. The van der Waals surface area contributed by atoms with Gasteiger partial charge in [-0.2, -0.15) is 5.10 Å². The van der Waals surface area contributed by atoms with Crippen LogP contribution in [0.25, 0.3) is 20.7 Å². The highest BCUT2D eigenvalue weighted by Gasteiger charge is 2.68. The molecule has 3 saturated heterocycles. The third-order valence-corrected chi connectivity index (χ3v) is 15.6. The van der Waals surface area contributed by atoms with E-state index in [-0.39, 0.29) is 36.2 Å². The molecule has 0 bridgehead atoms. The largest absolute Gasteiger partial charge is 0.504 e. The van der Waals surface area contributed by atoms with Gasteiger partial charge in [-0.1, -0.05) is 39.2 Å². The maximum absolute atomic E-state index is 15.3. The van der Waals surface area contributed by atoms with E-state index in [2.05, 4.69) is 20.8 Å². The predicted octanol–water partition coefficient (Wildman–Crippen LogP) is 8.01. The number of anilines is 3. The van der Waals surface area contributed by atoms with Crippen LogP contribution in [0, 0.1) is 36.0 Å². The van der Waals surface area contributed by atoms with E-state index < -0.39 is 46.8 Å². The van der Waals surface area contributed by atoms with E-state index in [9.17, 15) is 14.7 Å². The molecule has 0 radical (unpaired) electrons. The molecule has 4 amide bonds. The number of phenols is 1. The fourth-order valence-corrected chi connectivity index (χ4v) is 12.4. The van der Waals surface area contributed by atoms with Gasteiger partial charge >= 0.3 is 0 Å². The molecule has 2 aromatic heterocycles. The highest BCUT2D eigenvalue weighted by molar-refractivity contribution is 9.10. The van der Waals surface area contributed by atoms with E-state index in [0.717, 1.165) is 44.9 Å². The van der Waals surface area contributed by atoms with Crippen molar-refractivity contribution in [1.82, 2.24) is 9.78 Å². The first-order chi connectivity index (χ1) is 28.8. The van der Waals surface area contributed by atoms with Crippen molar-refractivity contribution in [3.8, 4) is 22.1 Å². The first-order valence-corrected chi connectivity index (χ1v) is 22.0. The fraction of sp³-hybridized carbons (Fsp3) is 0.356. The van der Waals surface area contributed by atoms with Gasteiger partial charge in [0.25, 0.3) is 0 Å². The number of aromatic hydroxyl groups is 1. The number of amides is 4. The van der Waals surface area contributed by atoms with Crippen molar-refractivity contribution in [2.24, 2.45) is 36.1 Å². The third-order valence-electron chi connectivity index (χ3n) is 13.6. The van der Waals surface area contributed by atoms with E-state index in [4.69, 9.17) is 26.2 Å². The summed E-state index contributed by atoms with van der Waals surface area (Å²) in [6.07, 6.45) is 2.40. The third kappa shape index (κ3) is 5.66. The van der Waals surface area contributed by atoms with Gasteiger partial charge in [0.05, 0.1) is 54.1 Å². The molecule has 15 heteroatoms. The summed E-state index contributed by atoms with van der Waals surface area (Å²) in [4.78, 5) is 65.1. The summed E-state index contributed by atoms with van der Waals surface area (Å²) in [5.41, 5.74) is 2.83. The molecule has 5 aliphatic rings. The zero-order chi connectivity index (χ0) is 41.9. The summed E-state index contributed by atoms with van der Waals surface area (Å²) in [5, 5.41) is 18.3. The zero-order valence-electron chi connectivity index (χ0n) is 33.3. The number of methoxy groups -OCH3 is 1. The van der Waals surface area contributed by atoms with Gasteiger partial charge in [0.2, 0.25) is 23.6 Å². The van der Waals surface area contributed by atoms with Crippen LogP contribution in [0.1, 0.15) is 36.8 Å². The lowest BCUT2D eigenvalue weighted by Gasteiger charge is -2.49. The quantitative estimate of drug-likeness (QED) is 0.133. The molecule has 6 atom stereocenters. The average Bonchev–Trinajstić information content (AvgIpc) is 3.92. The van der Waals surface area contributed by atoms with Crippen LogP contribution >= 0.6 is 38.9 Å². The minimum Gasteiger partial charge on any atom is -0.504 e. The SMILES string of the molecule is COc1cc(Br)cc([C@H]2C3=CC[C@@H]4C(=O)N(c5ccc(N6CCOCC6)cc5)C(=O)[C@@H]4[C@@H]3C[C@H]3C(=O)N(c4cc(-c5sc6ccc(Cl)cc6c5C)nn4C)C(=O)[C@@]23C)c1O. The Kier molecular flexibility index (Phi) is 9.32. The number of carbonyl (C=O) groups excluding carboxylic acids is 4. The summed E-state index contributed by atoms with van der Waals surface area (Å²) >= 11 is 11.5. The van der Waals surface area contributed by atoms with E-state index in [0.29, 0.717) is 45.5 Å². The zero-order valence-corrected chi connectivity index (χ0v) is 36.4. The lowest BCUT2D eigenvalue weighted by Crippen LogP contribution is -2.49. The van der Waals surface area contributed by atoms with Crippen LogP contribution in [0.15, 0.2) is 76.8 Å². The molecule has 308 valence electrons. The maximum atomic E-state index is 15.3. The number of imide groups is 2. The molecule has 1 saturated carbocycles.